The number of nitrogens with zero attached hydrogens (tertiary/aromatic N) is 5. The molecule has 4 atom stereocenters. The van der Waals surface area contributed by atoms with Crippen LogP contribution in [0, 0.1) is 11.3 Å². The summed E-state index contributed by atoms with van der Waals surface area (Å²) in [4.78, 5) is 12.7. The van der Waals surface area contributed by atoms with Crippen LogP contribution >= 0.6 is 0 Å². The second kappa shape index (κ2) is 7.49. The van der Waals surface area contributed by atoms with E-state index < -0.39 is 31.1 Å². The zero-order chi connectivity index (χ0) is 19.7. The topological polar surface area (TPSA) is 149 Å². The van der Waals surface area contributed by atoms with Crippen molar-refractivity contribution < 1.29 is 20.1 Å². The minimum atomic E-state index is -1.22. The number of rotatable bonds is 5. The van der Waals surface area contributed by atoms with Gasteiger partial charge in [0, 0.05) is 6.54 Å². The summed E-state index contributed by atoms with van der Waals surface area (Å²) in [7, 11) is 0. The monoisotopic (exact) mass is 382 g/mol. The van der Waals surface area contributed by atoms with Crippen molar-refractivity contribution in [3.8, 4) is 6.07 Å². The minimum Gasteiger partial charge on any atom is -0.394 e. The quantitative estimate of drug-likeness (QED) is 0.475. The van der Waals surface area contributed by atoms with Gasteiger partial charge >= 0.3 is 0 Å². The van der Waals surface area contributed by atoms with Crippen molar-refractivity contribution >= 4 is 17.0 Å². The molecule has 0 radical (unpaired) electrons. The Morgan fingerprint density at radius 2 is 1.93 bits per heavy atom. The molecule has 1 saturated heterocycles. The van der Waals surface area contributed by atoms with Crippen LogP contribution in [-0.4, -0.2) is 59.8 Å². The zero-order valence-corrected chi connectivity index (χ0v) is 14.7. The molecule has 4 N–H and O–H groups in total. The Bertz CT molecular complexity index is 1020. The number of aliphatic hydroxyl groups is 3. The van der Waals surface area contributed by atoms with E-state index in [1.165, 1.54) is 17.2 Å². The average Bonchev–Trinajstić information content (AvgIpc) is 3.28. The number of fused-ring (bicyclic) bond motifs is 1. The Morgan fingerprint density at radius 3 is 2.61 bits per heavy atom. The van der Waals surface area contributed by atoms with Crippen LogP contribution < -0.4 is 5.32 Å². The smallest absolute Gasteiger partial charge is 0.167 e. The van der Waals surface area contributed by atoms with Gasteiger partial charge in [0.15, 0.2) is 23.2 Å². The number of hydrogen-bond donors (Lipinski definition) is 4. The average molecular weight is 382 g/mol. The molecule has 0 spiro atoms. The van der Waals surface area contributed by atoms with Gasteiger partial charge in [0.05, 0.1) is 24.6 Å². The molecule has 28 heavy (non-hydrogen) atoms. The molecule has 1 aliphatic rings. The van der Waals surface area contributed by atoms with Crippen LogP contribution in [-0.2, 0) is 11.3 Å². The van der Waals surface area contributed by atoms with Crippen molar-refractivity contribution in [1.82, 2.24) is 19.5 Å². The second-order valence-corrected chi connectivity index (χ2v) is 6.44. The number of nitriles is 1. The normalized spacial score (nSPS) is 24.4. The van der Waals surface area contributed by atoms with Crippen molar-refractivity contribution in [2.75, 3.05) is 11.9 Å². The maximum atomic E-state index is 10.2. The van der Waals surface area contributed by atoms with Crippen LogP contribution in [0.3, 0.4) is 0 Å². The fourth-order valence-corrected chi connectivity index (χ4v) is 3.16. The molecule has 144 valence electrons. The van der Waals surface area contributed by atoms with Crippen molar-refractivity contribution in [2.45, 2.75) is 31.1 Å². The molecule has 0 saturated carbocycles. The summed E-state index contributed by atoms with van der Waals surface area (Å²) in [6.07, 6.45) is -1.41. The third kappa shape index (κ3) is 3.17. The summed E-state index contributed by atoms with van der Waals surface area (Å²) < 4.78 is 7.05. The van der Waals surface area contributed by atoms with E-state index in [0.717, 1.165) is 5.56 Å². The molecule has 10 nitrogen and oxygen atoms in total. The number of aliphatic hydroxyl groups excluding tert-OH is 3. The number of benzene rings is 1. The van der Waals surface area contributed by atoms with Crippen LogP contribution in [0.2, 0.25) is 0 Å². The molecule has 0 aliphatic carbocycles. The highest BCUT2D eigenvalue weighted by Crippen LogP contribution is 2.32. The van der Waals surface area contributed by atoms with Gasteiger partial charge in [-0.05, 0) is 17.7 Å². The highest BCUT2D eigenvalue weighted by molar-refractivity contribution is 5.82. The first-order valence-electron chi connectivity index (χ1n) is 8.65. The van der Waals surface area contributed by atoms with Crippen LogP contribution in [0.4, 0.5) is 5.82 Å². The van der Waals surface area contributed by atoms with Crippen LogP contribution in [0.15, 0.2) is 36.9 Å². The number of imidazole rings is 1. The van der Waals surface area contributed by atoms with E-state index in [2.05, 4.69) is 26.3 Å². The van der Waals surface area contributed by atoms with E-state index in [4.69, 9.17) is 10.00 Å². The SMILES string of the molecule is N#Cc1ccc(CNc2ncnc3c2ncn3C2O[C@H](CO)[C@@H](O)[C@H]2O)cc1. The van der Waals surface area contributed by atoms with E-state index in [0.29, 0.717) is 29.1 Å². The number of aromatic nitrogens is 4. The predicted molar refractivity (Wildman–Crippen MR) is 96.8 cm³/mol. The fraction of sp³-hybridized carbons (Fsp3) is 0.333. The Hall–Kier alpha value is -3.10. The lowest BCUT2D eigenvalue weighted by Crippen LogP contribution is -2.33. The molecule has 3 aromatic rings. The van der Waals surface area contributed by atoms with Crippen molar-refractivity contribution in [3.05, 3.63) is 48.0 Å². The fourth-order valence-electron chi connectivity index (χ4n) is 3.16. The van der Waals surface area contributed by atoms with Crippen molar-refractivity contribution in [1.29, 1.82) is 5.26 Å². The molecule has 3 heterocycles. The Balaban J connectivity index is 1.57. The van der Waals surface area contributed by atoms with Gasteiger partial charge in [-0.1, -0.05) is 12.1 Å². The molecule has 4 rings (SSSR count). The molecule has 1 aliphatic heterocycles. The zero-order valence-electron chi connectivity index (χ0n) is 14.7. The standard InChI is InChI=1S/C18H18N6O4/c19-5-10-1-3-11(4-2-10)6-20-16-13-17(22-8-21-16)24(9-23-13)18-15(27)14(26)12(7-25)28-18/h1-4,8-9,12,14-15,18,25-27H,6-7H2,(H,20,21,22)/t12-,14-,15-,18?/m1/s1. The molecule has 1 aromatic carbocycles. The third-order valence-corrected chi connectivity index (χ3v) is 4.69. The summed E-state index contributed by atoms with van der Waals surface area (Å²) in [6, 6.07) is 9.25. The number of hydrogen-bond acceptors (Lipinski definition) is 9. The second-order valence-electron chi connectivity index (χ2n) is 6.44. The van der Waals surface area contributed by atoms with E-state index in [1.54, 1.807) is 12.1 Å². The predicted octanol–water partition coefficient (Wildman–Crippen LogP) is -0.0784. The molecule has 0 amide bonds. The number of nitrogens with one attached hydrogen (secondary N) is 1. The van der Waals surface area contributed by atoms with Crippen molar-refractivity contribution in [3.63, 3.8) is 0 Å². The van der Waals surface area contributed by atoms with Crippen LogP contribution in [0.25, 0.3) is 11.2 Å². The molecule has 1 unspecified atom stereocenters. The molecule has 10 heteroatoms. The summed E-state index contributed by atoms with van der Waals surface area (Å²) >= 11 is 0. The summed E-state index contributed by atoms with van der Waals surface area (Å²) in [5, 5.41) is 41.5. The van der Waals surface area contributed by atoms with E-state index >= 15 is 0 Å². The van der Waals surface area contributed by atoms with Gasteiger partial charge in [-0.25, -0.2) is 15.0 Å². The van der Waals surface area contributed by atoms with Crippen LogP contribution in [0.1, 0.15) is 17.4 Å². The molecule has 2 aromatic heterocycles. The molecular weight excluding hydrogens is 364 g/mol. The Kier molecular flexibility index (Phi) is 4.89. The largest absolute Gasteiger partial charge is 0.394 e. The molecule has 1 fully saturated rings. The van der Waals surface area contributed by atoms with Gasteiger partial charge in [0.1, 0.15) is 24.6 Å². The summed E-state index contributed by atoms with van der Waals surface area (Å²) in [6.45, 7) is 0.0618. The Labute approximate surface area is 159 Å². The Morgan fingerprint density at radius 1 is 1.14 bits per heavy atom. The van der Waals surface area contributed by atoms with Gasteiger partial charge in [0.2, 0.25) is 0 Å². The van der Waals surface area contributed by atoms with Gasteiger partial charge in [-0.15, -0.1) is 0 Å². The van der Waals surface area contributed by atoms with E-state index in [-0.39, 0.29) is 0 Å². The first-order valence-corrected chi connectivity index (χ1v) is 8.65. The van der Waals surface area contributed by atoms with Gasteiger partial charge in [0.25, 0.3) is 0 Å². The van der Waals surface area contributed by atoms with Gasteiger partial charge in [-0.2, -0.15) is 5.26 Å². The lowest BCUT2D eigenvalue weighted by molar-refractivity contribution is -0.0511. The van der Waals surface area contributed by atoms with Gasteiger partial charge in [-0.3, -0.25) is 4.57 Å². The lowest BCUT2D eigenvalue weighted by atomic mass is 10.1. The molecule has 0 bridgehead atoms. The van der Waals surface area contributed by atoms with Crippen molar-refractivity contribution in [2.24, 2.45) is 0 Å². The first kappa shape index (κ1) is 18.3. The maximum absolute atomic E-state index is 10.2. The summed E-state index contributed by atoms with van der Waals surface area (Å²) in [5.41, 5.74) is 2.46. The van der Waals surface area contributed by atoms with Crippen LogP contribution in [0.5, 0.6) is 0 Å². The number of ether oxygens (including phenoxy) is 1. The maximum Gasteiger partial charge on any atom is 0.167 e. The van der Waals surface area contributed by atoms with E-state index in [1.807, 2.05) is 12.1 Å². The minimum absolute atomic E-state index is 0.409. The van der Waals surface area contributed by atoms with E-state index in [9.17, 15) is 15.3 Å². The molecular formula is C18H18N6O4. The first-order chi connectivity index (χ1) is 13.6. The number of anilines is 1. The highest BCUT2D eigenvalue weighted by atomic mass is 16.6. The van der Waals surface area contributed by atoms with Gasteiger partial charge < -0.3 is 25.4 Å². The summed E-state index contributed by atoms with van der Waals surface area (Å²) in [5.74, 6) is 0.500. The lowest BCUT2D eigenvalue weighted by Gasteiger charge is -2.16. The highest BCUT2D eigenvalue weighted by Gasteiger charge is 2.44. The third-order valence-electron chi connectivity index (χ3n) is 4.69.